The summed E-state index contributed by atoms with van der Waals surface area (Å²) in [6.07, 6.45) is 0. The van der Waals surface area contributed by atoms with Gasteiger partial charge in [-0.1, -0.05) is 11.6 Å². The maximum absolute atomic E-state index is 13.6. The fourth-order valence-electron chi connectivity index (χ4n) is 2.00. The minimum absolute atomic E-state index is 0.113. The van der Waals surface area contributed by atoms with E-state index in [0.29, 0.717) is 27.6 Å². The Morgan fingerprint density at radius 2 is 1.82 bits per heavy atom. The number of hydrogen-bond acceptors (Lipinski definition) is 3. The number of carbonyl (C=O) groups excluding carboxylic acids is 1. The summed E-state index contributed by atoms with van der Waals surface area (Å²) in [5.74, 6) is -0.329. The third-order valence-electron chi connectivity index (χ3n) is 3.15. The summed E-state index contributed by atoms with van der Waals surface area (Å²) in [6, 6.07) is 7.38. The Morgan fingerprint density at radius 3 is 2.41 bits per heavy atom. The van der Waals surface area contributed by atoms with Crippen molar-refractivity contribution in [1.29, 1.82) is 0 Å². The molecule has 2 aromatic carbocycles. The van der Waals surface area contributed by atoms with Crippen molar-refractivity contribution in [2.45, 2.75) is 6.92 Å². The van der Waals surface area contributed by atoms with Crippen molar-refractivity contribution in [3.05, 3.63) is 52.3 Å². The zero-order chi connectivity index (χ0) is 16.3. The lowest BCUT2D eigenvalue weighted by Gasteiger charge is -2.11. The molecule has 0 heterocycles. The summed E-state index contributed by atoms with van der Waals surface area (Å²) in [4.78, 5) is 12.3. The predicted molar refractivity (Wildman–Crippen MR) is 83.6 cm³/mol. The lowest BCUT2D eigenvalue weighted by molar-refractivity contribution is 0.102. The quantitative estimate of drug-likeness (QED) is 0.923. The molecule has 1 amide bonds. The first-order chi connectivity index (χ1) is 10.5. The second-order valence-electron chi connectivity index (χ2n) is 4.61. The number of aryl methyl sites for hydroxylation is 1. The number of hydrogen-bond donors (Lipinski definition) is 1. The highest BCUT2D eigenvalue weighted by molar-refractivity contribution is 6.32. The molecule has 0 radical (unpaired) electrons. The molecule has 2 aromatic rings. The maximum atomic E-state index is 13.6. The highest BCUT2D eigenvalue weighted by Gasteiger charge is 2.14. The standard InChI is InChI=1S/C16H15ClFNO3/c1-9-6-15(22-3)12(17)8-11(9)16(20)19-10-4-5-14(21-2)13(18)7-10/h4-8H,1-3H3,(H,19,20). The summed E-state index contributed by atoms with van der Waals surface area (Å²) < 4.78 is 23.6. The molecule has 0 aliphatic rings. The molecule has 22 heavy (non-hydrogen) atoms. The molecule has 0 saturated heterocycles. The van der Waals surface area contributed by atoms with Gasteiger partial charge in [0.25, 0.3) is 5.91 Å². The first-order valence-corrected chi connectivity index (χ1v) is 6.83. The van der Waals surface area contributed by atoms with E-state index in [1.807, 2.05) is 0 Å². The van der Waals surface area contributed by atoms with Gasteiger partial charge in [-0.25, -0.2) is 4.39 Å². The molecule has 0 saturated carbocycles. The van der Waals surface area contributed by atoms with E-state index < -0.39 is 5.82 Å². The summed E-state index contributed by atoms with van der Waals surface area (Å²) >= 11 is 6.03. The van der Waals surface area contributed by atoms with Crippen LogP contribution in [0.1, 0.15) is 15.9 Å². The van der Waals surface area contributed by atoms with Gasteiger partial charge in [0.2, 0.25) is 0 Å². The van der Waals surface area contributed by atoms with Crippen LogP contribution < -0.4 is 14.8 Å². The second-order valence-corrected chi connectivity index (χ2v) is 5.01. The van der Waals surface area contributed by atoms with Crippen LogP contribution in [0.5, 0.6) is 11.5 Å². The highest BCUT2D eigenvalue weighted by Crippen LogP contribution is 2.28. The predicted octanol–water partition coefficient (Wildman–Crippen LogP) is 4.06. The minimum Gasteiger partial charge on any atom is -0.495 e. The van der Waals surface area contributed by atoms with Crippen molar-refractivity contribution in [2.75, 3.05) is 19.5 Å². The molecule has 1 N–H and O–H groups in total. The van der Waals surface area contributed by atoms with E-state index in [9.17, 15) is 9.18 Å². The van der Waals surface area contributed by atoms with Crippen LogP contribution in [0.4, 0.5) is 10.1 Å². The third-order valence-corrected chi connectivity index (χ3v) is 3.45. The number of rotatable bonds is 4. The lowest BCUT2D eigenvalue weighted by atomic mass is 10.1. The van der Waals surface area contributed by atoms with Crippen molar-refractivity contribution in [1.82, 2.24) is 0 Å². The van der Waals surface area contributed by atoms with Crippen molar-refractivity contribution in [3.63, 3.8) is 0 Å². The number of methoxy groups -OCH3 is 2. The van der Waals surface area contributed by atoms with Crippen LogP contribution in [0, 0.1) is 12.7 Å². The molecule has 0 atom stereocenters. The van der Waals surface area contributed by atoms with Gasteiger partial charge in [0.1, 0.15) is 5.75 Å². The second kappa shape index (κ2) is 6.66. The number of benzene rings is 2. The molecule has 2 rings (SSSR count). The van der Waals surface area contributed by atoms with Crippen LogP contribution in [-0.4, -0.2) is 20.1 Å². The molecular formula is C16H15ClFNO3. The Hall–Kier alpha value is -2.27. The highest BCUT2D eigenvalue weighted by atomic mass is 35.5. The topological polar surface area (TPSA) is 47.6 Å². The van der Waals surface area contributed by atoms with Gasteiger partial charge in [-0.3, -0.25) is 4.79 Å². The van der Waals surface area contributed by atoms with Crippen LogP contribution in [0.15, 0.2) is 30.3 Å². The Balaban J connectivity index is 2.26. The molecule has 0 aromatic heterocycles. The van der Waals surface area contributed by atoms with Gasteiger partial charge in [-0.2, -0.15) is 0 Å². The number of halogens is 2. The molecule has 0 aliphatic heterocycles. The molecule has 0 bridgehead atoms. The molecule has 6 heteroatoms. The van der Waals surface area contributed by atoms with Crippen LogP contribution in [0.2, 0.25) is 5.02 Å². The van der Waals surface area contributed by atoms with Gasteiger partial charge in [-0.05, 0) is 36.8 Å². The van der Waals surface area contributed by atoms with Crippen molar-refractivity contribution in [2.24, 2.45) is 0 Å². The smallest absolute Gasteiger partial charge is 0.255 e. The zero-order valence-corrected chi connectivity index (χ0v) is 13.1. The number of amides is 1. The van der Waals surface area contributed by atoms with Gasteiger partial charge in [0.05, 0.1) is 19.2 Å². The Labute approximate surface area is 132 Å². The average Bonchev–Trinajstić information content (AvgIpc) is 2.49. The van der Waals surface area contributed by atoms with Crippen molar-refractivity contribution in [3.8, 4) is 11.5 Å². The molecule has 0 unspecified atom stereocenters. The fraction of sp³-hybridized carbons (Fsp3) is 0.188. The Bertz CT molecular complexity index is 719. The Kier molecular flexibility index (Phi) is 4.88. The van der Waals surface area contributed by atoms with E-state index in [1.54, 1.807) is 19.1 Å². The van der Waals surface area contributed by atoms with Gasteiger partial charge in [0, 0.05) is 17.3 Å². The third kappa shape index (κ3) is 3.31. The molecular weight excluding hydrogens is 309 g/mol. The molecule has 0 fully saturated rings. The Morgan fingerprint density at radius 1 is 1.14 bits per heavy atom. The van der Waals surface area contributed by atoms with Gasteiger partial charge in [0.15, 0.2) is 11.6 Å². The molecule has 0 spiro atoms. The monoisotopic (exact) mass is 323 g/mol. The van der Waals surface area contributed by atoms with Gasteiger partial charge < -0.3 is 14.8 Å². The van der Waals surface area contributed by atoms with Crippen molar-refractivity contribution < 1.29 is 18.7 Å². The van der Waals surface area contributed by atoms with E-state index in [2.05, 4.69) is 5.32 Å². The van der Waals surface area contributed by atoms with E-state index >= 15 is 0 Å². The van der Waals surface area contributed by atoms with E-state index in [1.165, 1.54) is 32.4 Å². The molecule has 4 nitrogen and oxygen atoms in total. The fourth-order valence-corrected chi connectivity index (χ4v) is 2.24. The van der Waals surface area contributed by atoms with Crippen LogP contribution >= 0.6 is 11.6 Å². The number of ether oxygens (including phenoxy) is 2. The maximum Gasteiger partial charge on any atom is 0.255 e. The van der Waals surface area contributed by atoms with E-state index in [4.69, 9.17) is 21.1 Å². The van der Waals surface area contributed by atoms with Crippen LogP contribution in [0.3, 0.4) is 0 Å². The van der Waals surface area contributed by atoms with Crippen molar-refractivity contribution >= 4 is 23.2 Å². The summed E-state index contributed by atoms with van der Waals surface area (Å²) in [6.45, 7) is 1.77. The molecule has 0 aliphatic carbocycles. The van der Waals surface area contributed by atoms with Crippen LogP contribution in [0.25, 0.3) is 0 Å². The van der Waals surface area contributed by atoms with Gasteiger partial charge in [-0.15, -0.1) is 0 Å². The average molecular weight is 324 g/mol. The SMILES string of the molecule is COc1ccc(NC(=O)c2cc(Cl)c(OC)cc2C)cc1F. The van der Waals surface area contributed by atoms with Crippen LogP contribution in [-0.2, 0) is 0 Å². The number of nitrogens with one attached hydrogen (secondary N) is 1. The first kappa shape index (κ1) is 16.1. The van der Waals surface area contributed by atoms with Gasteiger partial charge >= 0.3 is 0 Å². The minimum atomic E-state index is -0.551. The summed E-state index contributed by atoms with van der Waals surface area (Å²) in [5.41, 5.74) is 1.42. The first-order valence-electron chi connectivity index (χ1n) is 6.45. The zero-order valence-electron chi connectivity index (χ0n) is 12.4. The lowest BCUT2D eigenvalue weighted by Crippen LogP contribution is -2.13. The summed E-state index contributed by atoms with van der Waals surface area (Å²) in [7, 11) is 2.87. The van der Waals surface area contributed by atoms with E-state index in [0.717, 1.165) is 0 Å². The summed E-state index contributed by atoms with van der Waals surface area (Å²) in [5, 5.41) is 2.95. The molecule has 116 valence electrons. The normalized spacial score (nSPS) is 10.2. The van der Waals surface area contributed by atoms with E-state index in [-0.39, 0.29) is 11.7 Å². The number of carbonyl (C=O) groups is 1. The number of anilines is 1. The largest absolute Gasteiger partial charge is 0.495 e.